The Morgan fingerprint density at radius 3 is 2.65 bits per heavy atom. The summed E-state index contributed by atoms with van der Waals surface area (Å²) in [6.07, 6.45) is 2.96. The van der Waals surface area contributed by atoms with Gasteiger partial charge >= 0.3 is 0 Å². The fourth-order valence-electron chi connectivity index (χ4n) is 1.74. The van der Waals surface area contributed by atoms with E-state index in [-0.39, 0.29) is 6.04 Å². The topological polar surface area (TPSA) is 37.8 Å². The SMILES string of the molecule is CCCNC(c1ccc(C)cc1)c1cnsn1. The molecule has 17 heavy (non-hydrogen) atoms. The minimum absolute atomic E-state index is 0.161. The molecule has 0 bridgehead atoms. The Morgan fingerprint density at radius 1 is 1.29 bits per heavy atom. The smallest absolute Gasteiger partial charge is 0.0957 e. The Bertz CT molecular complexity index is 436. The summed E-state index contributed by atoms with van der Waals surface area (Å²) in [6, 6.07) is 8.74. The number of aromatic nitrogens is 2. The molecule has 2 rings (SSSR count). The van der Waals surface area contributed by atoms with Gasteiger partial charge in [-0.25, -0.2) is 0 Å². The molecular weight excluding hydrogens is 230 g/mol. The monoisotopic (exact) mass is 247 g/mol. The normalized spacial score (nSPS) is 12.6. The molecule has 0 amide bonds. The molecule has 1 aromatic carbocycles. The van der Waals surface area contributed by atoms with Gasteiger partial charge < -0.3 is 5.32 Å². The first-order valence-electron chi connectivity index (χ1n) is 5.88. The Kier molecular flexibility index (Phi) is 4.23. The molecule has 1 heterocycles. The third kappa shape index (κ3) is 3.11. The van der Waals surface area contributed by atoms with Gasteiger partial charge in [-0.3, -0.25) is 0 Å². The average molecular weight is 247 g/mol. The first-order valence-corrected chi connectivity index (χ1v) is 6.61. The molecule has 0 saturated heterocycles. The van der Waals surface area contributed by atoms with E-state index in [1.807, 2.05) is 6.20 Å². The molecule has 90 valence electrons. The molecule has 0 radical (unpaired) electrons. The van der Waals surface area contributed by atoms with Crippen molar-refractivity contribution in [3.8, 4) is 0 Å². The number of benzene rings is 1. The van der Waals surface area contributed by atoms with Gasteiger partial charge in [-0.05, 0) is 25.5 Å². The van der Waals surface area contributed by atoms with Crippen LogP contribution in [0.15, 0.2) is 30.5 Å². The van der Waals surface area contributed by atoms with Crippen LogP contribution in [0.4, 0.5) is 0 Å². The number of aryl methyl sites for hydroxylation is 1. The van der Waals surface area contributed by atoms with Crippen LogP contribution in [-0.2, 0) is 0 Å². The van der Waals surface area contributed by atoms with Gasteiger partial charge in [0.2, 0.25) is 0 Å². The van der Waals surface area contributed by atoms with Crippen molar-refractivity contribution in [3.63, 3.8) is 0 Å². The fourth-order valence-corrected chi connectivity index (χ4v) is 2.19. The summed E-state index contributed by atoms with van der Waals surface area (Å²) in [6.45, 7) is 5.25. The maximum Gasteiger partial charge on any atom is 0.0957 e. The molecule has 3 nitrogen and oxygen atoms in total. The maximum absolute atomic E-state index is 4.34. The summed E-state index contributed by atoms with van der Waals surface area (Å²) in [5.41, 5.74) is 3.53. The summed E-state index contributed by atoms with van der Waals surface area (Å²) >= 11 is 1.26. The number of rotatable bonds is 5. The second-order valence-electron chi connectivity index (χ2n) is 4.13. The van der Waals surface area contributed by atoms with Gasteiger partial charge in [-0.1, -0.05) is 36.8 Å². The van der Waals surface area contributed by atoms with Crippen LogP contribution >= 0.6 is 11.7 Å². The van der Waals surface area contributed by atoms with Crippen LogP contribution in [0.1, 0.15) is 36.2 Å². The molecule has 4 heteroatoms. The van der Waals surface area contributed by atoms with E-state index in [0.29, 0.717) is 0 Å². The predicted octanol–water partition coefficient (Wildman–Crippen LogP) is 2.94. The molecule has 2 aromatic rings. The van der Waals surface area contributed by atoms with Crippen LogP contribution in [0.2, 0.25) is 0 Å². The van der Waals surface area contributed by atoms with Crippen LogP contribution in [0.25, 0.3) is 0 Å². The predicted molar refractivity (Wildman–Crippen MR) is 71.2 cm³/mol. The van der Waals surface area contributed by atoms with E-state index in [1.54, 1.807) is 0 Å². The van der Waals surface area contributed by atoms with Gasteiger partial charge in [0, 0.05) is 0 Å². The Morgan fingerprint density at radius 2 is 2.06 bits per heavy atom. The number of nitrogens with zero attached hydrogens (tertiary/aromatic N) is 2. The Hall–Kier alpha value is -1.26. The molecule has 0 spiro atoms. The number of hydrogen-bond donors (Lipinski definition) is 1. The van der Waals surface area contributed by atoms with Crippen LogP contribution in [0.5, 0.6) is 0 Å². The van der Waals surface area contributed by atoms with Gasteiger partial charge in [0.05, 0.1) is 29.7 Å². The molecule has 0 saturated carbocycles. The molecule has 0 aliphatic heterocycles. The van der Waals surface area contributed by atoms with Crippen molar-refractivity contribution in [2.24, 2.45) is 0 Å². The van der Waals surface area contributed by atoms with E-state index in [2.05, 4.69) is 52.2 Å². The lowest BCUT2D eigenvalue weighted by Gasteiger charge is -2.16. The standard InChI is InChI=1S/C13H17N3S/c1-3-8-14-13(12-9-15-17-16-12)11-6-4-10(2)5-7-11/h4-7,9,13-14H,3,8H2,1-2H3. The van der Waals surface area contributed by atoms with Crippen molar-refractivity contribution >= 4 is 11.7 Å². The Balaban J connectivity index is 2.23. The summed E-state index contributed by atoms with van der Waals surface area (Å²) in [5.74, 6) is 0. The lowest BCUT2D eigenvalue weighted by atomic mass is 10.0. The van der Waals surface area contributed by atoms with Crippen molar-refractivity contribution in [2.45, 2.75) is 26.3 Å². The van der Waals surface area contributed by atoms with Gasteiger partial charge in [0.25, 0.3) is 0 Å². The molecule has 0 fully saturated rings. The van der Waals surface area contributed by atoms with Gasteiger partial charge in [0.1, 0.15) is 0 Å². The molecule has 1 unspecified atom stereocenters. The minimum Gasteiger partial charge on any atom is -0.305 e. The highest BCUT2D eigenvalue weighted by molar-refractivity contribution is 6.99. The summed E-state index contributed by atoms with van der Waals surface area (Å²) < 4.78 is 8.42. The molecular formula is C13H17N3S. The van der Waals surface area contributed by atoms with E-state index in [1.165, 1.54) is 22.9 Å². The highest BCUT2D eigenvalue weighted by Crippen LogP contribution is 2.21. The molecule has 0 aliphatic carbocycles. The average Bonchev–Trinajstić information content (AvgIpc) is 2.85. The van der Waals surface area contributed by atoms with E-state index in [9.17, 15) is 0 Å². The largest absolute Gasteiger partial charge is 0.305 e. The fraction of sp³-hybridized carbons (Fsp3) is 0.385. The molecule has 1 aromatic heterocycles. The van der Waals surface area contributed by atoms with E-state index in [4.69, 9.17) is 0 Å². The highest BCUT2D eigenvalue weighted by Gasteiger charge is 2.15. The maximum atomic E-state index is 4.34. The van der Waals surface area contributed by atoms with Crippen molar-refractivity contribution in [1.29, 1.82) is 0 Å². The van der Waals surface area contributed by atoms with Crippen LogP contribution in [0.3, 0.4) is 0 Å². The van der Waals surface area contributed by atoms with Gasteiger partial charge in [-0.15, -0.1) is 0 Å². The zero-order chi connectivity index (χ0) is 12.1. The third-order valence-corrected chi connectivity index (χ3v) is 3.18. The van der Waals surface area contributed by atoms with Crippen molar-refractivity contribution < 1.29 is 0 Å². The van der Waals surface area contributed by atoms with Crippen LogP contribution < -0.4 is 5.32 Å². The van der Waals surface area contributed by atoms with Crippen molar-refractivity contribution in [3.05, 3.63) is 47.3 Å². The zero-order valence-corrected chi connectivity index (χ0v) is 11.0. The summed E-state index contributed by atoms with van der Waals surface area (Å²) in [4.78, 5) is 0. The second kappa shape index (κ2) is 5.89. The number of nitrogens with one attached hydrogen (secondary N) is 1. The van der Waals surface area contributed by atoms with Crippen molar-refractivity contribution in [1.82, 2.24) is 14.1 Å². The lowest BCUT2D eigenvalue weighted by Crippen LogP contribution is -2.23. The third-order valence-electron chi connectivity index (χ3n) is 2.68. The lowest BCUT2D eigenvalue weighted by molar-refractivity contribution is 0.590. The second-order valence-corrected chi connectivity index (χ2v) is 4.69. The molecule has 1 atom stereocenters. The quantitative estimate of drug-likeness (QED) is 0.882. The zero-order valence-electron chi connectivity index (χ0n) is 10.2. The first-order chi connectivity index (χ1) is 8.31. The van der Waals surface area contributed by atoms with Crippen LogP contribution in [0, 0.1) is 6.92 Å². The molecule has 0 aliphatic rings. The summed E-state index contributed by atoms with van der Waals surface area (Å²) in [7, 11) is 0. The minimum atomic E-state index is 0.161. The first kappa shape index (κ1) is 12.2. The number of hydrogen-bond acceptors (Lipinski definition) is 4. The van der Waals surface area contributed by atoms with E-state index >= 15 is 0 Å². The van der Waals surface area contributed by atoms with Gasteiger partial charge in [-0.2, -0.15) is 8.75 Å². The molecule has 1 N–H and O–H groups in total. The van der Waals surface area contributed by atoms with E-state index < -0.39 is 0 Å². The van der Waals surface area contributed by atoms with Crippen molar-refractivity contribution in [2.75, 3.05) is 6.54 Å². The Labute approximate surface area is 106 Å². The van der Waals surface area contributed by atoms with Crippen LogP contribution in [-0.4, -0.2) is 15.3 Å². The van der Waals surface area contributed by atoms with E-state index in [0.717, 1.165) is 18.7 Å². The van der Waals surface area contributed by atoms with Gasteiger partial charge in [0.15, 0.2) is 0 Å². The highest BCUT2D eigenvalue weighted by atomic mass is 32.1. The summed E-state index contributed by atoms with van der Waals surface area (Å²) in [5, 5.41) is 3.51.